The van der Waals surface area contributed by atoms with Gasteiger partial charge in [-0.1, -0.05) is 49.4 Å². The van der Waals surface area contributed by atoms with Gasteiger partial charge in [0.25, 0.3) is 0 Å². The number of fused-ring (bicyclic) bond motifs is 1. The van der Waals surface area contributed by atoms with Crippen molar-refractivity contribution in [1.29, 1.82) is 0 Å². The van der Waals surface area contributed by atoms with E-state index >= 15 is 0 Å². The molecule has 26 heavy (non-hydrogen) atoms. The molecule has 0 saturated carbocycles. The second kappa shape index (κ2) is 7.09. The Balaban J connectivity index is 1.89. The molecular formula is C24H24N2. The van der Waals surface area contributed by atoms with Crippen molar-refractivity contribution in [1.82, 2.24) is 0 Å². The Morgan fingerprint density at radius 1 is 0.846 bits per heavy atom. The van der Waals surface area contributed by atoms with Crippen molar-refractivity contribution in [2.45, 2.75) is 19.8 Å². The first kappa shape index (κ1) is 16.5. The predicted molar refractivity (Wildman–Crippen MR) is 112 cm³/mol. The van der Waals surface area contributed by atoms with E-state index in [0.717, 1.165) is 23.5 Å². The van der Waals surface area contributed by atoms with Crippen LogP contribution in [0.5, 0.6) is 0 Å². The number of para-hydroxylation sites is 1. The van der Waals surface area contributed by atoms with Crippen LogP contribution in [-0.2, 0) is 6.42 Å². The maximum Gasteiger partial charge on any atom is 0.0499 e. The van der Waals surface area contributed by atoms with Gasteiger partial charge in [0.15, 0.2) is 0 Å². The van der Waals surface area contributed by atoms with Gasteiger partial charge in [-0.25, -0.2) is 0 Å². The van der Waals surface area contributed by atoms with E-state index in [-0.39, 0.29) is 0 Å². The summed E-state index contributed by atoms with van der Waals surface area (Å²) in [5.74, 6) is 0.608. The molecule has 130 valence electrons. The molecule has 0 aliphatic heterocycles. The maximum absolute atomic E-state index is 5.92. The van der Waals surface area contributed by atoms with Crippen LogP contribution in [0.1, 0.15) is 24.5 Å². The number of nitrogen functional groups attached to an aromatic ring is 1. The van der Waals surface area contributed by atoms with Crippen LogP contribution < -0.4 is 10.6 Å². The van der Waals surface area contributed by atoms with Gasteiger partial charge in [-0.05, 0) is 72.4 Å². The molecular weight excluding hydrogens is 316 g/mol. The number of allylic oxidation sites excluding steroid dienone is 1. The van der Waals surface area contributed by atoms with Crippen molar-refractivity contribution in [3.8, 4) is 0 Å². The number of hydrogen-bond donors (Lipinski definition) is 1. The summed E-state index contributed by atoms with van der Waals surface area (Å²) in [7, 11) is 0. The second-order valence-electron chi connectivity index (χ2n) is 6.98. The molecule has 1 aliphatic rings. The second-order valence-corrected chi connectivity index (χ2v) is 6.98. The molecule has 0 saturated heterocycles. The third-order valence-corrected chi connectivity index (χ3v) is 5.05. The Kier molecular flexibility index (Phi) is 4.49. The van der Waals surface area contributed by atoms with Crippen LogP contribution in [-0.4, -0.2) is 0 Å². The highest BCUT2D eigenvalue weighted by atomic mass is 15.1. The smallest absolute Gasteiger partial charge is 0.0499 e. The number of hydrogen-bond acceptors (Lipinski definition) is 2. The molecule has 0 fully saturated rings. The lowest BCUT2D eigenvalue weighted by Crippen LogP contribution is -2.13. The number of benzene rings is 3. The van der Waals surface area contributed by atoms with E-state index in [1.807, 2.05) is 12.1 Å². The minimum absolute atomic E-state index is 0.608. The molecule has 1 aliphatic carbocycles. The highest BCUT2D eigenvalue weighted by molar-refractivity contribution is 5.81. The zero-order chi connectivity index (χ0) is 17.9. The first-order valence-corrected chi connectivity index (χ1v) is 9.23. The summed E-state index contributed by atoms with van der Waals surface area (Å²) in [4.78, 5) is 2.34. The minimum atomic E-state index is 0.608. The van der Waals surface area contributed by atoms with E-state index in [0.29, 0.717) is 5.92 Å². The van der Waals surface area contributed by atoms with Crippen molar-refractivity contribution in [3.63, 3.8) is 0 Å². The lowest BCUT2D eigenvalue weighted by atomic mass is 9.99. The first-order valence-electron chi connectivity index (χ1n) is 9.23. The van der Waals surface area contributed by atoms with Gasteiger partial charge < -0.3 is 10.6 Å². The fourth-order valence-corrected chi connectivity index (χ4v) is 3.59. The Morgan fingerprint density at radius 2 is 1.58 bits per heavy atom. The van der Waals surface area contributed by atoms with E-state index in [9.17, 15) is 0 Å². The van der Waals surface area contributed by atoms with Crippen LogP contribution in [0.15, 0.2) is 78.9 Å². The summed E-state index contributed by atoms with van der Waals surface area (Å²) in [5, 5.41) is 0. The highest BCUT2D eigenvalue weighted by Gasteiger charge is 2.19. The molecule has 2 nitrogen and oxygen atoms in total. The van der Waals surface area contributed by atoms with Gasteiger partial charge in [-0.3, -0.25) is 0 Å². The van der Waals surface area contributed by atoms with Gasteiger partial charge in [-0.2, -0.15) is 0 Å². The maximum atomic E-state index is 5.92. The van der Waals surface area contributed by atoms with E-state index in [1.54, 1.807) is 0 Å². The number of rotatable bonds is 3. The van der Waals surface area contributed by atoms with Crippen LogP contribution in [0.4, 0.5) is 22.7 Å². The molecule has 0 heterocycles. The normalized spacial score (nSPS) is 16.0. The van der Waals surface area contributed by atoms with Crippen LogP contribution in [0, 0.1) is 5.92 Å². The Hall–Kier alpha value is -3.00. The Morgan fingerprint density at radius 3 is 2.35 bits per heavy atom. The van der Waals surface area contributed by atoms with Crippen molar-refractivity contribution >= 4 is 28.8 Å². The van der Waals surface area contributed by atoms with Crippen LogP contribution >= 0.6 is 0 Å². The standard InChI is InChI=1S/C24H24N2/c1-18-10-12-19-6-5-9-24(23(19)17-11-18)26(21-7-3-2-4-8-21)22-15-13-20(25)14-16-22/h2-10,12-16,18H,11,17,25H2,1H3. The van der Waals surface area contributed by atoms with Gasteiger partial charge in [-0.15, -0.1) is 0 Å². The summed E-state index contributed by atoms with van der Waals surface area (Å²) in [5.41, 5.74) is 13.0. The van der Waals surface area contributed by atoms with Crippen LogP contribution in [0.25, 0.3) is 6.08 Å². The zero-order valence-electron chi connectivity index (χ0n) is 15.1. The molecule has 0 radical (unpaired) electrons. The van der Waals surface area contributed by atoms with Gasteiger partial charge in [0.2, 0.25) is 0 Å². The molecule has 2 heteroatoms. The van der Waals surface area contributed by atoms with Gasteiger partial charge in [0.1, 0.15) is 0 Å². The summed E-state index contributed by atoms with van der Waals surface area (Å²) in [6.07, 6.45) is 6.86. The topological polar surface area (TPSA) is 29.3 Å². The van der Waals surface area contributed by atoms with Gasteiger partial charge in [0.05, 0.1) is 0 Å². The molecule has 0 amide bonds. The summed E-state index contributed by atoms with van der Waals surface area (Å²) >= 11 is 0. The lowest BCUT2D eigenvalue weighted by molar-refractivity contribution is 0.655. The third kappa shape index (κ3) is 3.23. The summed E-state index contributed by atoms with van der Waals surface area (Å²) in [6.45, 7) is 2.29. The molecule has 0 aromatic heterocycles. The largest absolute Gasteiger partial charge is 0.399 e. The third-order valence-electron chi connectivity index (χ3n) is 5.05. The van der Waals surface area contributed by atoms with E-state index < -0.39 is 0 Å². The first-order chi connectivity index (χ1) is 12.7. The lowest BCUT2D eigenvalue weighted by Gasteiger charge is -2.28. The molecule has 1 unspecified atom stereocenters. The van der Waals surface area contributed by atoms with Gasteiger partial charge in [0, 0.05) is 22.7 Å². The quantitative estimate of drug-likeness (QED) is 0.564. The van der Waals surface area contributed by atoms with Crippen LogP contribution in [0.2, 0.25) is 0 Å². The fourth-order valence-electron chi connectivity index (χ4n) is 3.59. The molecule has 4 rings (SSSR count). The molecule has 0 spiro atoms. The summed E-state index contributed by atoms with van der Waals surface area (Å²) < 4.78 is 0. The predicted octanol–water partition coefficient (Wildman–Crippen LogP) is 6.33. The van der Waals surface area contributed by atoms with Crippen molar-refractivity contribution in [3.05, 3.63) is 90.0 Å². The number of nitrogens with two attached hydrogens (primary N) is 1. The average molecular weight is 340 g/mol. The molecule has 0 bridgehead atoms. The summed E-state index contributed by atoms with van der Waals surface area (Å²) in [6, 6.07) is 25.3. The fraction of sp³-hybridized carbons (Fsp3) is 0.167. The number of anilines is 4. The minimum Gasteiger partial charge on any atom is -0.399 e. The molecule has 3 aromatic carbocycles. The zero-order valence-corrected chi connectivity index (χ0v) is 15.1. The van der Waals surface area contributed by atoms with Crippen molar-refractivity contribution in [2.24, 2.45) is 5.92 Å². The van der Waals surface area contributed by atoms with E-state index in [4.69, 9.17) is 5.73 Å². The highest BCUT2D eigenvalue weighted by Crippen LogP contribution is 2.39. The van der Waals surface area contributed by atoms with Crippen molar-refractivity contribution in [2.75, 3.05) is 10.6 Å². The van der Waals surface area contributed by atoms with E-state index in [2.05, 4.69) is 84.6 Å². The molecule has 1 atom stereocenters. The van der Waals surface area contributed by atoms with Gasteiger partial charge >= 0.3 is 0 Å². The molecule has 3 aromatic rings. The van der Waals surface area contributed by atoms with E-state index in [1.165, 1.54) is 23.2 Å². The Labute approximate surface area is 155 Å². The monoisotopic (exact) mass is 340 g/mol. The average Bonchev–Trinajstić information content (AvgIpc) is 2.87. The van der Waals surface area contributed by atoms with Crippen LogP contribution in [0.3, 0.4) is 0 Å². The van der Waals surface area contributed by atoms with Crippen molar-refractivity contribution < 1.29 is 0 Å². The number of nitrogens with zero attached hydrogens (tertiary/aromatic N) is 1. The Bertz CT molecular complexity index is 911. The SMILES string of the molecule is CC1C=Cc2cccc(N(c3ccccc3)c3ccc(N)cc3)c2CC1. The molecule has 2 N–H and O–H groups in total.